The highest BCUT2D eigenvalue weighted by atomic mass is 79.9. The van der Waals surface area contributed by atoms with Crippen molar-refractivity contribution in [3.05, 3.63) is 58.6 Å². The van der Waals surface area contributed by atoms with Crippen LogP contribution in [-0.4, -0.2) is 12.6 Å². The van der Waals surface area contributed by atoms with Crippen LogP contribution in [0.1, 0.15) is 31.7 Å². The minimum Gasteiger partial charge on any atom is -0.466 e. The molecule has 1 fully saturated rings. The Morgan fingerprint density at radius 1 is 1.05 bits per heavy atom. The molecule has 114 valence electrons. The van der Waals surface area contributed by atoms with Crippen LogP contribution < -0.4 is 0 Å². The molecule has 0 heterocycles. The summed E-state index contributed by atoms with van der Waals surface area (Å²) >= 11 is 3.46. The monoisotopic (exact) mass is 358 g/mol. The summed E-state index contributed by atoms with van der Waals surface area (Å²) in [6.45, 7) is 2.31. The lowest BCUT2D eigenvalue weighted by atomic mass is 9.91. The molecule has 0 N–H and O–H groups in total. The number of rotatable bonds is 5. The third-order valence-electron chi connectivity index (χ3n) is 4.32. The van der Waals surface area contributed by atoms with Crippen LogP contribution in [0.5, 0.6) is 0 Å². The van der Waals surface area contributed by atoms with Gasteiger partial charge in [0, 0.05) is 9.89 Å². The van der Waals surface area contributed by atoms with E-state index < -0.39 is 0 Å². The zero-order valence-corrected chi connectivity index (χ0v) is 14.2. The lowest BCUT2D eigenvalue weighted by Crippen LogP contribution is -2.15. The molecule has 0 atom stereocenters. The van der Waals surface area contributed by atoms with Gasteiger partial charge in [-0.3, -0.25) is 4.79 Å². The van der Waals surface area contributed by atoms with E-state index in [4.69, 9.17) is 4.74 Å². The molecule has 0 unspecified atom stereocenters. The first-order valence-electron chi connectivity index (χ1n) is 7.65. The smallest absolute Gasteiger partial charge is 0.306 e. The second-order valence-electron chi connectivity index (χ2n) is 5.85. The van der Waals surface area contributed by atoms with E-state index >= 15 is 0 Å². The number of hydrogen-bond acceptors (Lipinski definition) is 2. The summed E-state index contributed by atoms with van der Waals surface area (Å²) in [4.78, 5) is 11.8. The number of ether oxygens (including phenoxy) is 1. The Kier molecular flexibility index (Phi) is 4.34. The van der Waals surface area contributed by atoms with Crippen molar-refractivity contribution >= 4 is 21.9 Å². The van der Waals surface area contributed by atoms with Gasteiger partial charge in [-0.2, -0.15) is 0 Å². The van der Waals surface area contributed by atoms with Gasteiger partial charge in [0.25, 0.3) is 0 Å². The Morgan fingerprint density at radius 3 is 2.09 bits per heavy atom. The van der Waals surface area contributed by atoms with Gasteiger partial charge in [0.1, 0.15) is 0 Å². The predicted octanol–water partition coefficient (Wildman–Crippen LogP) is 5.10. The molecular weight excluding hydrogens is 340 g/mol. The summed E-state index contributed by atoms with van der Waals surface area (Å²) in [5.74, 6) is -0.0861. The molecule has 22 heavy (non-hydrogen) atoms. The number of halogens is 1. The maximum Gasteiger partial charge on any atom is 0.306 e. The van der Waals surface area contributed by atoms with Crippen LogP contribution in [0.2, 0.25) is 0 Å². The van der Waals surface area contributed by atoms with Gasteiger partial charge in [-0.15, -0.1) is 0 Å². The summed E-state index contributed by atoms with van der Waals surface area (Å²) in [5.41, 5.74) is 3.67. The molecule has 0 spiro atoms. The fourth-order valence-electron chi connectivity index (χ4n) is 2.87. The molecule has 0 saturated heterocycles. The zero-order chi connectivity index (χ0) is 15.6. The third-order valence-corrected chi connectivity index (χ3v) is 4.85. The number of carbonyl (C=O) groups excluding carboxylic acids is 1. The molecule has 0 bridgehead atoms. The minimum atomic E-state index is -0.0861. The van der Waals surface area contributed by atoms with Crippen molar-refractivity contribution in [2.24, 2.45) is 0 Å². The van der Waals surface area contributed by atoms with Crippen LogP contribution in [-0.2, 0) is 14.9 Å². The standard InChI is InChI=1S/C19H19BrO2/c1-2-22-18(21)13-19(11-12-19)16-7-3-14(4-8-16)15-5-9-17(20)10-6-15/h3-10H,2,11-13H2,1H3. The molecule has 2 aromatic rings. The van der Waals surface area contributed by atoms with Crippen molar-refractivity contribution in [3.63, 3.8) is 0 Å². The highest BCUT2D eigenvalue weighted by molar-refractivity contribution is 9.10. The Balaban J connectivity index is 1.77. The molecular formula is C19H19BrO2. The van der Waals surface area contributed by atoms with Crippen molar-refractivity contribution in [1.82, 2.24) is 0 Å². The van der Waals surface area contributed by atoms with E-state index in [9.17, 15) is 4.79 Å². The van der Waals surface area contributed by atoms with Gasteiger partial charge >= 0.3 is 5.97 Å². The number of hydrogen-bond donors (Lipinski definition) is 0. The second-order valence-corrected chi connectivity index (χ2v) is 6.76. The highest BCUT2D eigenvalue weighted by Crippen LogP contribution is 2.51. The van der Waals surface area contributed by atoms with Gasteiger partial charge in [0.05, 0.1) is 13.0 Å². The van der Waals surface area contributed by atoms with E-state index in [1.807, 2.05) is 19.1 Å². The molecule has 1 aliphatic rings. The normalized spacial score (nSPS) is 15.4. The number of benzene rings is 2. The Labute approximate surface area is 139 Å². The fourth-order valence-corrected chi connectivity index (χ4v) is 3.13. The van der Waals surface area contributed by atoms with Gasteiger partial charge in [-0.05, 0) is 48.6 Å². The average Bonchev–Trinajstić information content (AvgIpc) is 3.29. The van der Waals surface area contributed by atoms with E-state index in [-0.39, 0.29) is 11.4 Å². The second kappa shape index (κ2) is 6.25. The number of carbonyl (C=O) groups is 1. The summed E-state index contributed by atoms with van der Waals surface area (Å²) in [7, 11) is 0. The van der Waals surface area contributed by atoms with E-state index in [2.05, 4.69) is 52.3 Å². The van der Waals surface area contributed by atoms with Crippen LogP contribution in [0.25, 0.3) is 11.1 Å². The van der Waals surface area contributed by atoms with Crippen molar-refractivity contribution < 1.29 is 9.53 Å². The molecule has 3 heteroatoms. The fraction of sp³-hybridized carbons (Fsp3) is 0.316. The molecule has 0 radical (unpaired) electrons. The minimum absolute atomic E-state index is 0.0184. The summed E-state index contributed by atoms with van der Waals surface area (Å²) in [5, 5.41) is 0. The molecule has 1 saturated carbocycles. The third kappa shape index (κ3) is 3.25. The van der Waals surface area contributed by atoms with Gasteiger partial charge < -0.3 is 4.74 Å². The van der Waals surface area contributed by atoms with Crippen LogP contribution >= 0.6 is 15.9 Å². The van der Waals surface area contributed by atoms with E-state index in [1.165, 1.54) is 16.7 Å². The summed E-state index contributed by atoms with van der Waals surface area (Å²) < 4.78 is 6.18. The first-order chi connectivity index (χ1) is 10.6. The van der Waals surface area contributed by atoms with E-state index in [1.54, 1.807) is 0 Å². The van der Waals surface area contributed by atoms with Gasteiger partial charge in [0.2, 0.25) is 0 Å². The Hall–Kier alpha value is -1.61. The van der Waals surface area contributed by atoms with Crippen LogP contribution in [0, 0.1) is 0 Å². The van der Waals surface area contributed by atoms with Crippen molar-refractivity contribution in [2.45, 2.75) is 31.6 Å². The van der Waals surface area contributed by atoms with E-state index in [0.29, 0.717) is 13.0 Å². The highest BCUT2D eigenvalue weighted by Gasteiger charge is 2.46. The van der Waals surface area contributed by atoms with E-state index in [0.717, 1.165) is 17.3 Å². The Bertz CT molecular complexity index is 655. The maximum atomic E-state index is 11.8. The van der Waals surface area contributed by atoms with Gasteiger partial charge in [-0.1, -0.05) is 52.3 Å². The lowest BCUT2D eigenvalue weighted by Gasteiger charge is -2.15. The molecule has 0 aromatic heterocycles. The van der Waals surface area contributed by atoms with Crippen molar-refractivity contribution in [3.8, 4) is 11.1 Å². The topological polar surface area (TPSA) is 26.3 Å². The van der Waals surface area contributed by atoms with Crippen LogP contribution in [0.4, 0.5) is 0 Å². The van der Waals surface area contributed by atoms with Crippen LogP contribution in [0.15, 0.2) is 53.0 Å². The van der Waals surface area contributed by atoms with Crippen molar-refractivity contribution in [1.29, 1.82) is 0 Å². The predicted molar refractivity (Wildman–Crippen MR) is 91.7 cm³/mol. The van der Waals surface area contributed by atoms with Gasteiger partial charge in [0.15, 0.2) is 0 Å². The molecule has 0 amide bonds. The first-order valence-corrected chi connectivity index (χ1v) is 8.44. The van der Waals surface area contributed by atoms with Crippen LogP contribution in [0.3, 0.4) is 0 Å². The lowest BCUT2D eigenvalue weighted by molar-refractivity contribution is -0.143. The molecule has 2 aromatic carbocycles. The molecule has 1 aliphatic carbocycles. The molecule has 2 nitrogen and oxygen atoms in total. The zero-order valence-electron chi connectivity index (χ0n) is 12.6. The molecule has 3 rings (SSSR count). The Morgan fingerprint density at radius 2 is 1.59 bits per heavy atom. The summed E-state index contributed by atoms with van der Waals surface area (Å²) in [6.07, 6.45) is 2.64. The quantitative estimate of drug-likeness (QED) is 0.694. The summed E-state index contributed by atoms with van der Waals surface area (Å²) in [6, 6.07) is 16.9. The number of esters is 1. The largest absolute Gasteiger partial charge is 0.466 e. The van der Waals surface area contributed by atoms with Gasteiger partial charge in [-0.25, -0.2) is 0 Å². The van der Waals surface area contributed by atoms with Crippen molar-refractivity contribution in [2.75, 3.05) is 6.61 Å². The average molecular weight is 359 g/mol. The first kappa shape index (κ1) is 15.3. The SMILES string of the molecule is CCOC(=O)CC1(c2ccc(-c3ccc(Br)cc3)cc2)CC1. The molecule has 0 aliphatic heterocycles. The maximum absolute atomic E-state index is 11.8.